The molecule has 4 fully saturated rings. The van der Waals surface area contributed by atoms with Gasteiger partial charge in [0, 0.05) is 11.6 Å². The van der Waals surface area contributed by atoms with Gasteiger partial charge >= 0.3 is 0 Å². The summed E-state index contributed by atoms with van der Waals surface area (Å²) in [7, 11) is 3.35. The Balaban J connectivity index is 1.84. The zero-order valence-corrected chi connectivity index (χ0v) is 14.4. The number of rotatable bonds is 4. The highest BCUT2D eigenvalue weighted by atomic mass is 16.5. The minimum Gasteiger partial charge on any atom is -0.496 e. The summed E-state index contributed by atoms with van der Waals surface area (Å²) in [6.45, 7) is 1.62. The molecular weight excluding hydrogens is 288 g/mol. The fourth-order valence-corrected chi connectivity index (χ4v) is 6.03. The molecule has 3 nitrogen and oxygen atoms in total. The van der Waals surface area contributed by atoms with Gasteiger partial charge in [-0.1, -0.05) is 0 Å². The predicted octanol–water partition coefficient (Wildman–Crippen LogP) is 4.37. The van der Waals surface area contributed by atoms with E-state index < -0.39 is 0 Å². The van der Waals surface area contributed by atoms with Gasteiger partial charge < -0.3 is 9.47 Å². The first-order chi connectivity index (χ1) is 11.0. The summed E-state index contributed by atoms with van der Waals surface area (Å²) in [6, 6.07) is 4.00. The Hall–Kier alpha value is -1.51. The van der Waals surface area contributed by atoms with Gasteiger partial charge in [-0.3, -0.25) is 4.79 Å². The molecule has 4 bridgehead atoms. The molecule has 0 aromatic heterocycles. The minimum atomic E-state index is 0.0653. The molecule has 23 heavy (non-hydrogen) atoms. The molecule has 5 rings (SSSR count). The summed E-state index contributed by atoms with van der Waals surface area (Å²) in [5.74, 6) is 4.20. The minimum absolute atomic E-state index is 0.0653. The van der Waals surface area contributed by atoms with Gasteiger partial charge in [0.15, 0.2) is 5.78 Å². The Kier molecular flexibility index (Phi) is 3.44. The summed E-state index contributed by atoms with van der Waals surface area (Å²) >= 11 is 0. The number of carbonyl (C=O) groups excluding carboxylic acids is 1. The standard InChI is InChI=1S/C20H26O3/c1-12(21)16-7-17(19(23-3)8-18(16)22-2)20-9-13-4-14(10-20)6-15(5-13)11-20/h7-8,13-15H,4-6,9-11H2,1-3H3. The van der Waals surface area contributed by atoms with Crippen LogP contribution in [0.5, 0.6) is 11.5 Å². The predicted molar refractivity (Wildman–Crippen MR) is 89.4 cm³/mol. The largest absolute Gasteiger partial charge is 0.496 e. The highest BCUT2D eigenvalue weighted by Crippen LogP contribution is 2.62. The molecule has 0 amide bonds. The first-order valence-corrected chi connectivity index (χ1v) is 8.82. The second-order valence-electron chi connectivity index (χ2n) is 8.01. The maximum atomic E-state index is 12.1. The third-order valence-electron chi connectivity index (χ3n) is 6.51. The van der Waals surface area contributed by atoms with Crippen LogP contribution in [0.25, 0.3) is 0 Å². The lowest BCUT2D eigenvalue weighted by Crippen LogP contribution is -2.48. The Morgan fingerprint density at radius 1 is 0.957 bits per heavy atom. The molecule has 4 saturated carbocycles. The Labute approximate surface area is 138 Å². The van der Waals surface area contributed by atoms with Crippen LogP contribution < -0.4 is 9.47 Å². The number of benzene rings is 1. The number of ether oxygens (including phenoxy) is 2. The maximum absolute atomic E-state index is 12.1. The van der Waals surface area contributed by atoms with E-state index in [0.717, 1.165) is 23.5 Å². The molecule has 4 aliphatic rings. The van der Waals surface area contributed by atoms with E-state index in [2.05, 4.69) is 6.07 Å². The molecule has 0 aliphatic heterocycles. The van der Waals surface area contributed by atoms with E-state index in [1.165, 1.54) is 44.1 Å². The summed E-state index contributed by atoms with van der Waals surface area (Å²) < 4.78 is 11.1. The number of Topliss-reactive ketones (excluding diaryl/α,β-unsaturated/α-hetero) is 1. The van der Waals surface area contributed by atoms with E-state index >= 15 is 0 Å². The van der Waals surface area contributed by atoms with Crippen molar-refractivity contribution in [2.45, 2.75) is 50.9 Å². The highest BCUT2D eigenvalue weighted by molar-refractivity contribution is 5.97. The lowest BCUT2D eigenvalue weighted by Gasteiger charge is -2.57. The van der Waals surface area contributed by atoms with Crippen molar-refractivity contribution in [2.75, 3.05) is 14.2 Å². The summed E-state index contributed by atoms with van der Waals surface area (Å²) in [6.07, 6.45) is 8.03. The number of carbonyl (C=O) groups is 1. The van der Waals surface area contributed by atoms with Crippen LogP contribution in [-0.2, 0) is 5.41 Å². The van der Waals surface area contributed by atoms with Gasteiger partial charge in [0.25, 0.3) is 0 Å². The second kappa shape index (κ2) is 5.25. The Morgan fingerprint density at radius 2 is 1.48 bits per heavy atom. The molecule has 0 saturated heterocycles. The van der Waals surface area contributed by atoms with Crippen molar-refractivity contribution in [3.05, 3.63) is 23.3 Å². The second-order valence-corrected chi connectivity index (χ2v) is 8.01. The average molecular weight is 314 g/mol. The zero-order valence-electron chi connectivity index (χ0n) is 14.4. The molecule has 0 radical (unpaired) electrons. The number of hydrogen-bond donors (Lipinski definition) is 0. The van der Waals surface area contributed by atoms with E-state index in [1.807, 2.05) is 6.07 Å². The van der Waals surface area contributed by atoms with Crippen LogP contribution in [0.4, 0.5) is 0 Å². The van der Waals surface area contributed by atoms with Crippen molar-refractivity contribution >= 4 is 5.78 Å². The van der Waals surface area contributed by atoms with Gasteiger partial charge in [0.2, 0.25) is 0 Å². The average Bonchev–Trinajstić information content (AvgIpc) is 2.52. The van der Waals surface area contributed by atoms with Crippen LogP contribution in [-0.4, -0.2) is 20.0 Å². The third-order valence-corrected chi connectivity index (χ3v) is 6.51. The molecule has 124 valence electrons. The summed E-state index contributed by atoms with van der Waals surface area (Å²) in [5, 5.41) is 0. The molecule has 3 heteroatoms. The first-order valence-electron chi connectivity index (χ1n) is 8.82. The molecule has 4 aliphatic carbocycles. The zero-order chi connectivity index (χ0) is 16.2. The van der Waals surface area contributed by atoms with E-state index in [-0.39, 0.29) is 11.2 Å². The number of methoxy groups -OCH3 is 2. The smallest absolute Gasteiger partial charge is 0.163 e. The lowest BCUT2D eigenvalue weighted by atomic mass is 9.48. The molecular formula is C20H26O3. The molecule has 1 aromatic rings. The van der Waals surface area contributed by atoms with Crippen LogP contribution in [0.3, 0.4) is 0 Å². The molecule has 0 N–H and O–H groups in total. The van der Waals surface area contributed by atoms with Crippen LogP contribution in [0.2, 0.25) is 0 Å². The van der Waals surface area contributed by atoms with Crippen molar-refractivity contribution in [2.24, 2.45) is 17.8 Å². The van der Waals surface area contributed by atoms with Crippen molar-refractivity contribution in [3.63, 3.8) is 0 Å². The van der Waals surface area contributed by atoms with Crippen molar-refractivity contribution < 1.29 is 14.3 Å². The van der Waals surface area contributed by atoms with Crippen molar-refractivity contribution in [3.8, 4) is 11.5 Å². The lowest BCUT2D eigenvalue weighted by molar-refractivity contribution is -0.00619. The maximum Gasteiger partial charge on any atom is 0.163 e. The van der Waals surface area contributed by atoms with E-state index in [0.29, 0.717) is 11.3 Å². The Morgan fingerprint density at radius 3 is 1.91 bits per heavy atom. The highest BCUT2D eigenvalue weighted by Gasteiger charge is 2.52. The topological polar surface area (TPSA) is 35.5 Å². The summed E-state index contributed by atoms with van der Waals surface area (Å²) in [4.78, 5) is 12.1. The summed E-state index contributed by atoms with van der Waals surface area (Å²) in [5.41, 5.74) is 2.17. The van der Waals surface area contributed by atoms with Gasteiger partial charge in [-0.25, -0.2) is 0 Å². The fourth-order valence-electron chi connectivity index (χ4n) is 6.03. The van der Waals surface area contributed by atoms with Crippen LogP contribution in [0.1, 0.15) is 61.4 Å². The van der Waals surface area contributed by atoms with Crippen LogP contribution >= 0.6 is 0 Å². The van der Waals surface area contributed by atoms with Gasteiger partial charge in [0.05, 0.1) is 19.8 Å². The third kappa shape index (κ3) is 2.28. The monoisotopic (exact) mass is 314 g/mol. The Bertz CT molecular complexity index is 611. The van der Waals surface area contributed by atoms with Gasteiger partial charge in [-0.2, -0.15) is 0 Å². The van der Waals surface area contributed by atoms with Crippen LogP contribution in [0, 0.1) is 17.8 Å². The van der Waals surface area contributed by atoms with Gasteiger partial charge in [-0.15, -0.1) is 0 Å². The molecule has 1 aromatic carbocycles. The fraction of sp³-hybridized carbons (Fsp3) is 0.650. The SMILES string of the molecule is COc1cc(OC)c(C23CC4CC(CC(C4)C2)C3)cc1C(C)=O. The normalized spacial score (nSPS) is 34.5. The number of ketones is 1. The van der Waals surface area contributed by atoms with Gasteiger partial charge in [-0.05, 0) is 74.7 Å². The molecule has 0 heterocycles. The molecule has 0 atom stereocenters. The molecule has 0 unspecified atom stereocenters. The quantitative estimate of drug-likeness (QED) is 0.774. The molecule has 0 spiro atoms. The van der Waals surface area contributed by atoms with E-state index in [4.69, 9.17) is 9.47 Å². The number of hydrogen-bond acceptors (Lipinski definition) is 3. The van der Waals surface area contributed by atoms with Crippen molar-refractivity contribution in [1.82, 2.24) is 0 Å². The van der Waals surface area contributed by atoms with E-state index in [1.54, 1.807) is 21.1 Å². The first kappa shape index (κ1) is 15.0. The van der Waals surface area contributed by atoms with Crippen molar-refractivity contribution in [1.29, 1.82) is 0 Å². The van der Waals surface area contributed by atoms with E-state index in [9.17, 15) is 4.79 Å². The van der Waals surface area contributed by atoms with Crippen LogP contribution in [0.15, 0.2) is 12.1 Å². The van der Waals surface area contributed by atoms with Gasteiger partial charge in [0.1, 0.15) is 11.5 Å².